The van der Waals surface area contributed by atoms with Crippen LogP contribution in [-0.2, 0) is 4.79 Å². The number of anilines is 1. The van der Waals surface area contributed by atoms with Crippen LogP contribution < -0.4 is 5.32 Å². The summed E-state index contributed by atoms with van der Waals surface area (Å²) < 4.78 is 1.79. The molecule has 1 aromatic carbocycles. The molecule has 0 aliphatic heterocycles. The number of carbonyl (C=O) groups is 1. The van der Waals surface area contributed by atoms with Crippen LogP contribution in [0.15, 0.2) is 43.0 Å². The van der Waals surface area contributed by atoms with Gasteiger partial charge in [0.15, 0.2) is 5.82 Å². The maximum Gasteiger partial charge on any atom is 0.248 e. The van der Waals surface area contributed by atoms with Crippen LogP contribution in [0.1, 0.15) is 11.3 Å². The van der Waals surface area contributed by atoms with Crippen LogP contribution in [0.3, 0.4) is 0 Å². The van der Waals surface area contributed by atoms with Crippen molar-refractivity contribution in [2.45, 2.75) is 13.8 Å². The van der Waals surface area contributed by atoms with Crippen molar-refractivity contribution in [1.29, 1.82) is 0 Å². The largest absolute Gasteiger partial charge is 0.306 e. The molecule has 0 fully saturated rings. The Morgan fingerprint density at radius 1 is 1.33 bits per heavy atom. The minimum Gasteiger partial charge on any atom is -0.306 e. The minimum atomic E-state index is -0.261. The molecule has 2 rings (SSSR count). The topological polar surface area (TPSA) is 46.9 Å². The van der Waals surface area contributed by atoms with E-state index in [1.165, 1.54) is 11.6 Å². The first-order valence-electron chi connectivity index (χ1n) is 5.67. The zero-order valence-electron chi connectivity index (χ0n) is 10.5. The number of benzene rings is 1. The van der Waals surface area contributed by atoms with E-state index >= 15 is 0 Å². The molecular weight excluding hydrogens is 226 g/mol. The molecule has 18 heavy (non-hydrogen) atoms. The number of nitrogens with one attached hydrogen (secondary N) is 1. The monoisotopic (exact) mass is 241 g/mol. The zero-order chi connectivity index (χ0) is 13.1. The number of carbonyl (C=O) groups excluding carboxylic acids is 1. The van der Waals surface area contributed by atoms with Crippen molar-refractivity contribution in [1.82, 2.24) is 9.78 Å². The van der Waals surface area contributed by atoms with E-state index in [0.717, 1.165) is 11.4 Å². The SMILES string of the molecule is C=CC(=O)Nc1cc(C)n(-c2ccc(C)cc2)n1. The lowest BCUT2D eigenvalue weighted by atomic mass is 10.2. The van der Waals surface area contributed by atoms with Crippen LogP contribution in [-0.4, -0.2) is 15.7 Å². The third-order valence-electron chi connectivity index (χ3n) is 2.60. The van der Waals surface area contributed by atoms with Crippen LogP contribution in [0.4, 0.5) is 5.82 Å². The fourth-order valence-electron chi connectivity index (χ4n) is 1.66. The smallest absolute Gasteiger partial charge is 0.248 e. The highest BCUT2D eigenvalue weighted by molar-refractivity contribution is 5.98. The van der Waals surface area contributed by atoms with Gasteiger partial charge in [0, 0.05) is 11.8 Å². The Morgan fingerprint density at radius 2 is 2.00 bits per heavy atom. The maximum atomic E-state index is 11.2. The Balaban J connectivity index is 2.31. The predicted octanol–water partition coefficient (Wildman–Crippen LogP) is 2.61. The van der Waals surface area contributed by atoms with Crippen molar-refractivity contribution in [2.75, 3.05) is 5.32 Å². The van der Waals surface area contributed by atoms with Gasteiger partial charge in [-0.25, -0.2) is 4.68 Å². The number of aromatic nitrogens is 2. The molecule has 0 aliphatic rings. The number of hydrogen-bond donors (Lipinski definition) is 1. The number of hydrogen-bond acceptors (Lipinski definition) is 2. The minimum absolute atomic E-state index is 0.261. The molecule has 0 saturated carbocycles. The molecule has 1 amide bonds. The lowest BCUT2D eigenvalue weighted by molar-refractivity contribution is -0.111. The summed E-state index contributed by atoms with van der Waals surface area (Å²) in [6.45, 7) is 7.39. The molecule has 0 atom stereocenters. The van der Waals surface area contributed by atoms with Gasteiger partial charge in [0.25, 0.3) is 0 Å². The van der Waals surface area contributed by atoms with Crippen molar-refractivity contribution in [2.24, 2.45) is 0 Å². The Kier molecular flexibility index (Phi) is 3.28. The Morgan fingerprint density at radius 3 is 2.61 bits per heavy atom. The first-order chi connectivity index (χ1) is 8.60. The molecule has 4 nitrogen and oxygen atoms in total. The average Bonchev–Trinajstić information content (AvgIpc) is 2.71. The second kappa shape index (κ2) is 4.87. The first kappa shape index (κ1) is 12.1. The fourth-order valence-corrected chi connectivity index (χ4v) is 1.66. The molecular formula is C14H15N3O. The van der Waals surface area contributed by atoms with Gasteiger partial charge in [0.05, 0.1) is 5.69 Å². The summed E-state index contributed by atoms with van der Waals surface area (Å²) in [5.74, 6) is 0.265. The van der Waals surface area contributed by atoms with Gasteiger partial charge in [-0.3, -0.25) is 4.79 Å². The van der Waals surface area contributed by atoms with Gasteiger partial charge in [-0.2, -0.15) is 0 Å². The van der Waals surface area contributed by atoms with E-state index in [-0.39, 0.29) is 5.91 Å². The van der Waals surface area contributed by atoms with Gasteiger partial charge in [-0.15, -0.1) is 5.10 Å². The van der Waals surface area contributed by atoms with Crippen molar-refractivity contribution in [3.8, 4) is 5.69 Å². The van der Waals surface area contributed by atoms with Gasteiger partial charge in [-0.1, -0.05) is 24.3 Å². The molecule has 0 bridgehead atoms. The molecule has 1 N–H and O–H groups in total. The third-order valence-corrected chi connectivity index (χ3v) is 2.60. The normalized spacial score (nSPS) is 10.1. The van der Waals surface area contributed by atoms with Crippen LogP contribution in [0.5, 0.6) is 0 Å². The average molecular weight is 241 g/mol. The second-order valence-electron chi connectivity index (χ2n) is 4.11. The second-order valence-corrected chi connectivity index (χ2v) is 4.11. The van der Waals surface area contributed by atoms with Gasteiger partial charge in [-0.05, 0) is 32.1 Å². The van der Waals surface area contributed by atoms with E-state index in [2.05, 4.69) is 17.0 Å². The van der Waals surface area contributed by atoms with Crippen molar-refractivity contribution in [3.63, 3.8) is 0 Å². The predicted molar refractivity (Wildman–Crippen MR) is 71.9 cm³/mol. The van der Waals surface area contributed by atoms with Gasteiger partial charge in [0.1, 0.15) is 0 Å². The third kappa shape index (κ3) is 2.48. The van der Waals surface area contributed by atoms with E-state index in [1.807, 2.05) is 44.2 Å². The zero-order valence-corrected chi connectivity index (χ0v) is 10.5. The summed E-state index contributed by atoms with van der Waals surface area (Å²) in [6.07, 6.45) is 1.22. The lowest BCUT2D eigenvalue weighted by Crippen LogP contribution is -2.08. The van der Waals surface area contributed by atoms with E-state index in [9.17, 15) is 4.79 Å². The van der Waals surface area contributed by atoms with Gasteiger partial charge < -0.3 is 5.32 Å². The summed E-state index contributed by atoms with van der Waals surface area (Å²) >= 11 is 0. The molecule has 1 aromatic heterocycles. The quantitative estimate of drug-likeness (QED) is 0.840. The van der Waals surface area contributed by atoms with Crippen molar-refractivity contribution in [3.05, 3.63) is 54.2 Å². The summed E-state index contributed by atoms with van der Waals surface area (Å²) in [4.78, 5) is 11.2. The highest BCUT2D eigenvalue weighted by atomic mass is 16.1. The summed E-state index contributed by atoms with van der Waals surface area (Å²) in [5, 5.41) is 6.98. The number of rotatable bonds is 3. The Hall–Kier alpha value is -2.36. The molecule has 1 heterocycles. The van der Waals surface area contributed by atoms with E-state index in [4.69, 9.17) is 0 Å². The van der Waals surface area contributed by atoms with E-state index in [1.54, 1.807) is 4.68 Å². The van der Waals surface area contributed by atoms with Crippen LogP contribution >= 0.6 is 0 Å². The highest BCUT2D eigenvalue weighted by Crippen LogP contribution is 2.15. The molecule has 0 unspecified atom stereocenters. The first-order valence-corrected chi connectivity index (χ1v) is 5.67. The maximum absolute atomic E-state index is 11.2. The number of aryl methyl sites for hydroxylation is 2. The molecule has 2 aromatic rings. The number of amides is 1. The lowest BCUT2D eigenvalue weighted by Gasteiger charge is -2.04. The molecule has 0 aliphatic carbocycles. The Labute approximate surface area is 106 Å². The summed E-state index contributed by atoms with van der Waals surface area (Å²) in [5.41, 5.74) is 3.12. The Bertz CT molecular complexity index is 582. The molecule has 0 radical (unpaired) electrons. The highest BCUT2D eigenvalue weighted by Gasteiger charge is 2.07. The summed E-state index contributed by atoms with van der Waals surface area (Å²) in [6, 6.07) is 9.86. The standard InChI is InChI=1S/C14H15N3O/c1-4-14(18)15-13-9-11(3)17(16-13)12-7-5-10(2)6-8-12/h4-9H,1H2,2-3H3,(H,15,16,18). The molecule has 4 heteroatoms. The van der Waals surface area contributed by atoms with Gasteiger partial charge >= 0.3 is 0 Å². The molecule has 92 valence electrons. The van der Waals surface area contributed by atoms with Crippen LogP contribution in [0, 0.1) is 13.8 Å². The fraction of sp³-hybridized carbons (Fsp3) is 0.143. The number of nitrogens with zero attached hydrogens (tertiary/aromatic N) is 2. The summed E-state index contributed by atoms with van der Waals surface area (Å²) in [7, 11) is 0. The van der Waals surface area contributed by atoms with Crippen LogP contribution in [0.2, 0.25) is 0 Å². The molecule has 0 saturated heterocycles. The van der Waals surface area contributed by atoms with Crippen LogP contribution in [0.25, 0.3) is 5.69 Å². The van der Waals surface area contributed by atoms with Crippen molar-refractivity contribution < 1.29 is 4.79 Å². The molecule has 0 spiro atoms. The van der Waals surface area contributed by atoms with Gasteiger partial charge in [0.2, 0.25) is 5.91 Å². The van der Waals surface area contributed by atoms with Crippen molar-refractivity contribution >= 4 is 11.7 Å². The van der Waals surface area contributed by atoms with E-state index < -0.39 is 0 Å². The van der Waals surface area contributed by atoms with E-state index in [0.29, 0.717) is 5.82 Å².